The van der Waals surface area contributed by atoms with E-state index in [2.05, 4.69) is 25.1 Å². The molecule has 0 spiro atoms. The van der Waals surface area contributed by atoms with E-state index in [1.54, 1.807) is 12.1 Å². The molecule has 0 bridgehead atoms. The lowest BCUT2D eigenvalue weighted by molar-refractivity contribution is 0.0951. The Kier molecular flexibility index (Phi) is 6.29. The van der Waals surface area contributed by atoms with Crippen molar-refractivity contribution in [1.29, 1.82) is 0 Å². The molecule has 9 nitrogen and oxygen atoms in total. The first-order valence-electron chi connectivity index (χ1n) is 10.5. The minimum Gasteiger partial charge on any atom is -0.366 e. The number of amides is 1. The second-order valence-electron chi connectivity index (χ2n) is 7.80. The predicted octanol–water partition coefficient (Wildman–Crippen LogP) is 1.35. The van der Waals surface area contributed by atoms with E-state index >= 15 is 0 Å². The van der Waals surface area contributed by atoms with Gasteiger partial charge < -0.3 is 15.2 Å². The molecule has 1 saturated heterocycles. The molecule has 1 aliphatic heterocycles. The highest BCUT2D eigenvalue weighted by Gasteiger charge is 2.21. The van der Waals surface area contributed by atoms with Crippen LogP contribution in [0.25, 0.3) is 10.9 Å². The van der Waals surface area contributed by atoms with Gasteiger partial charge in [0.15, 0.2) is 5.15 Å². The van der Waals surface area contributed by atoms with Gasteiger partial charge in [-0.1, -0.05) is 17.7 Å². The fourth-order valence-electron chi connectivity index (χ4n) is 3.90. The van der Waals surface area contributed by atoms with Crippen molar-refractivity contribution in [2.24, 2.45) is 7.05 Å². The van der Waals surface area contributed by atoms with Crippen molar-refractivity contribution in [3.63, 3.8) is 0 Å². The Morgan fingerprint density at radius 3 is 2.59 bits per heavy atom. The lowest BCUT2D eigenvalue weighted by atomic mass is 10.1. The van der Waals surface area contributed by atoms with Crippen LogP contribution in [-0.4, -0.2) is 58.1 Å². The Balaban J connectivity index is 1.42. The summed E-state index contributed by atoms with van der Waals surface area (Å²) in [7, 11) is 1.46. The molecule has 0 atom stereocenters. The minimum absolute atomic E-state index is 0.236. The summed E-state index contributed by atoms with van der Waals surface area (Å²) in [5.74, 6) is -0.236. The number of H-pyrrole nitrogens is 1. The number of rotatable bonds is 5. The summed E-state index contributed by atoms with van der Waals surface area (Å²) >= 11 is 6.36. The Morgan fingerprint density at radius 2 is 1.91 bits per heavy atom. The van der Waals surface area contributed by atoms with Gasteiger partial charge in [0, 0.05) is 46.3 Å². The molecule has 32 heavy (non-hydrogen) atoms. The Labute approximate surface area is 189 Å². The van der Waals surface area contributed by atoms with E-state index in [-0.39, 0.29) is 11.5 Å². The van der Waals surface area contributed by atoms with Crippen LogP contribution in [0.3, 0.4) is 0 Å². The second kappa shape index (κ2) is 9.13. The Hall–Kier alpha value is -3.17. The smallest absolute Gasteiger partial charge is 0.328 e. The molecule has 0 unspecified atom stereocenters. The third-order valence-electron chi connectivity index (χ3n) is 5.68. The maximum absolute atomic E-state index is 12.2. The van der Waals surface area contributed by atoms with Crippen LogP contribution in [0.5, 0.6) is 0 Å². The van der Waals surface area contributed by atoms with Crippen LogP contribution in [0.4, 0.5) is 5.69 Å². The van der Waals surface area contributed by atoms with Crippen LogP contribution in [-0.2, 0) is 13.6 Å². The van der Waals surface area contributed by atoms with Gasteiger partial charge in [0.25, 0.3) is 11.5 Å². The number of nitrogens with one attached hydrogen (secondary N) is 2. The first-order chi connectivity index (χ1) is 15.4. The van der Waals surface area contributed by atoms with Crippen LogP contribution in [0.15, 0.2) is 39.9 Å². The summed E-state index contributed by atoms with van der Waals surface area (Å²) in [6.07, 6.45) is 0. The largest absolute Gasteiger partial charge is 0.366 e. The lowest BCUT2D eigenvalue weighted by Crippen LogP contribution is -2.46. The first kappa shape index (κ1) is 22.0. The number of fused-ring (bicyclic) bond motifs is 1. The number of aromatic nitrogens is 3. The maximum atomic E-state index is 12.2. The van der Waals surface area contributed by atoms with E-state index in [1.807, 2.05) is 25.1 Å². The monoisotopic (exact) mass is 456 g/mol. The molecule has 3 heterocycles. The molecule has 10 heteroatoms. The topological polar surface area (TPSA) is 103 Å². The fourth-order valence-corrected chi connectivity index (χ4v) is 4.17. The summed E-state index contributed by atoms with van der Waals surface area (Å²) in [4.78, 5) is 47.5. The zero-order valence-corrected chi connectivity index (χ0v) is 18.8. The number of aromatic amines is 1. The van der Waals surface area contributed by atoms with Gasteiger partial charge >= 0.3 is 5.69 Å². The van der Waals surface area contributed by atoms with Crippen LogP contribution in [0.1, 0.15) is 23.0 Å². The SMILES string of the molecule is CCNC(=O)c1ccc(N2CCN(Cc3ccc4c(=O)n(C)c(=O)[nH]c4c3)CC2)c(Cl)n1. The van der Waals surface area contributed by atoms with Gasteiger partial charge in [0.05, 0.1) is 16.6 Å². The number of anilines is 1. The molecular formula is C22H25ClN6O3. The van der Waals surface area contributed by atoms with E-state index in [4.69, 9.17) is 11.6 Å². The summed E-state index contributed by atoms with van der Waals surface area (Å²) in [5.41, 5.74) is 1.99. The fraction of sp³-hybridized carbons (Fsp3) is 0.364. The van der Waals surface area contributed by atoms with Crippen LogP contribution >= 0.6 is 11.6 Å². The van der Waals surface area contributed by atoms with Crippen LogP contribution < -0.4 is 21.5 Å². The standard InChI is InChI=1S/C22H25ClN6O3/c1-3-24-20(30)16-6-7-18(19(23)25-16)29-10-8-28(9-11-29)13-14-4-5-15-17(12-14)26-22(32)27(2)21(15)31/h4-7,12H,3,8-11,13H2,1-2H3,(H,24,30)(H,26,32). The molecular weight excluding hydrogens is 432 g/mol. The molecule has 168 valence electrons. The number of piperazine rings is 1. The van der Waals surface area contributed by atoms with Crippen molar-refractivity contribution < 1.29 is 4.79 Å². The number of carbonyl (C=O) groups excluding carboxylic acids is 1. The average molecular weight is 457 g/mol. The van der Waals surface area contributed by atoms with Crippen molar-refractivity contribution in [3.05, 3.63) is 67.6 Å². The second-order valence-corrected chi connectivity index (χ2v) is 8.16. The molecule has 0 saturated carbocycles. The van der Waals surface area contributed by atoms with Crippen LogP contribution in [0.2, 0.25) is 5.15 Å². The Bertz CT molecular complexity index is 1280. The molecule has 0 radical (unpaired) electrons. The molecule has 1 aliphatic rings. The minimum atomic E-state index is -0.419. The molecule has 3 aromatic rings. The van der Waals surface area contributed by atoms with Crippen molar-refractivity contribution in [2.45, 2.75) is 13.5 Å². The molecule has 1 aromatic carbocycles. The number of halogens is 1. The summed E-state index contributed by atoms with van der Waals surface area (Å²) in [6.45, 7) is 6.28. The van der Waals surface area contributed by atoms with E-state index < -0.39 is 5.69 Å². The van der Waals surface area contributed by atoms with Gasteiger partial charge in [-0.3, -0.25) is 19.1 Å². The maximum Gasteiger partial charge on any atom is 0.328 e. The highest BCUT2D eigenvalue weighted by Crippen LogP contribution is 2.25. The van der Waals surface area contributed by atoms with Crippen molar-refractivity contribution in [2.75, 3.05) is 37.6 Å². The third-order valence-corrected chi connectivity index (χ3v) is 5.96. The molecule has 4 rings (SSSR count). The van der Waals surface area contributed by atoms with Crippen molar-refractivity contribution in [1.82, 2.24) is 24.8 Å². The van der Waals surface area contributed by atoms with Gasteiger partial charge in [-0.2, -0.15) is 0 Å². The number of hydrogen-bond acceptors (Lipinski definition) is 6. The highest BCUT2D eigenvalue weighted by molar-refractivity contribution is 6.32. The van der Waals surface area contributed by atoms with Gasteiger partial charge in [-0.25, -0.2) is 9.78 Å². The summed E-state index contributed by atoms with van der Waals surface area (Å²) in [6, 6.07) is 9.09. The number of benzene rings is 1. The zero-order valence-electron chi connectivity index (χ0n) is 18.0. The molecule has 1 fully saturated rings. The van der Waals surface area contributed by atoms with E-state index in [9.17, 15) is 14.4 Å². The zero-order chi connectivity index (χ0) is 22.8. The van der Waals surface area contributed by atoms with Crippen LogP contribution in [0, 0.1) is 0 Å². The predicted molar refractivity (Wildman–Crippen MR) is 125 cm³/mol. The first-order valence-corrected chi connectivity index (χ1v) is 10.9. The van der Waals surface area contributed by atoms with Crippen molar-refractivity contribution in [3.8, 4) is 0 Å². The molecule has 1 amide bonds. The van der Waals surface area contributed by atoms with Gasteiger partial charge in [0.1, 0.15) is 5.69 Å². The van der Waals surface area contributed by atoms with Gasteiger partial charge in [-0.15, -0.1) is 0 Å². The summed E-state index contributed by atoms with van der Waals surface area (Å²) in [5, 5.41) is 3.54. The molecule has 0 aliphatic carbocycles. The lowest BCUT2D eigenvalue weighted by Gasteiger charge is -2.36. The van der Waals surface area contributed by atoms with Crippen molar-refractivity contribution >= 4 is 34.1 Å². The van der Waals surface area contributed by atoms with E-state index in [0.717, 1.165) is 42.0 Å². The quantitative estimate of drug-likeness (QED) is 0.562. The van der Waals surface area contributed by atoms with Gasteiger partial charge in [0.2, 0.25) is 0 Å². The Morgan fingerprint density at radius 1 is 1.16 bits per heavy atom. The number of hydrogen-bond donors (Lipinski definition) is 2. The number of nitrogens with zero attached hydrogens (tertiary/aromatic N) is 4. The number of carbonyl (C=O) groups is 1. The summed E-state index contributed by atoms with van der Waals surface area (Å²) < 4.78 is 1.07. The highest BCUT2D eigenvalue weighted by atomic mass is 35.5. The van der Waals surface area contributed by atoms with Gasteiger partial charge in [-0.05, 0) is 36.8 Å². The van der Waals surface area contributed by atoms with E-state index in [0.29, 0.717) is 34.8 Å². The number of pyridine rings is 1. The third kappa shape index (κ3) is 4.39. The average Bonchev–Trinajstić information content (AvgIpc) is 2.78. The molecule has 2 aromatic heterocycles. The normalized spacial score (nSPS) is 14.7. The van der Waals surface area contributed by atoms with E-state index in [1.165, 1.54) is 7.05 Å². The molecule has 2 N–H and O–H groups in total.